The van der Waals surface area contributed by atoms with E-state index in [1.807, 2.05) is 12.1 Å². The van der Waals surface area contributed by atoms with Gasteiger partial charge in [-0.1, -0.05) is 29.3 Å². The molecule has 0 radical (unpaired) electrons. The van der Waals surface area contributed by atoms with Crippen molar-refractivity contribution in [3.8, 4) is 5.75 Å². The molecule has 1 aliphatic rings. The highest BCUT2D eigenvalue weighted by Gasteiger charge is 2.34. The van der Waals surface area contributed by atoms with Gasteiger partial charge in [0, 0.05) is 11.6 Å². The van der Waals surface area contributed by atoms with E-state index in [-0.39, 0.29) is 0 Å². The van der Waals surface area contributed by atoms with E-state index in [0.29, 0.717) is 22.3 Å². The van der Waals surface area contributed by atoms with Gasteiger partial charge in [0.2, 0.25) is 0 Å². The zero-order chi connectivity index (χ0) is 16.6. The van der Waals surface area contributed by atoms with E-state index >= 15 is 0 Å². The summed E-state index contributed by atoms with van der Waals surface area (Å²) in [7, 11) is 1.60. The number of hydrogen-bond donors (Lipinski definition) is 1. The lowest BCUT2D eigenvalue weighted by Crippen LogP contribution is -2.40. The number of carbonyl (C=O) groups is 1. The monoisotopic (exact) mass is 351 g/mol. The Balaban J connectivity index is 2.07. The van der Waals surface area contributed by atoms with Crippen LogP contribution >= 0.6 is 23.2 Å². The van der Waals surface area contributed by atoms with Gasteiger partial charge in [0.15, 0.2) is 6.04 Å². The van der Waals surface area contributed by atoms with Crippen LogP contribution in [0.4, 0.5) is 5.69 Å². The molecule has 1 aliphatic heterocycles. The van der Waals surface area contributed by atoms with Gasteiger partial charge < -0.3 is 14.7 Å². The fourth-order valence-electron chi connectivity index (χ4n) is 2.97. The van der Waals surface area contributed by atoms with Gasteiger partial charge in [-0.15, -0.1) is 0 Å². The smallest absolute Gasteiger partial charge is 0.331 e. The van der Waals surface area contributed by atoms with E-state index in [4.69, 9.17) is 27.9 Å². The van der Waals surface area contributed by atoms with Crippen molar-refractivity contribution in [2.24, 2.45) is 0 Å². The van der Waals surface area contributed by atoms with Crippen molar-refractivity contribution >= 4 is 34.9 Å². The number of anilines is 1. The molecular weight excluding hydrogens is 337 g/mol. The fourth-order valence-corrected chi connectivity index (χ4v) is 3.49. The van der Waals surface area contributed by atoms with Crippen molar-refractivity contribution in [3.63, 3.8) is 0 Å². The maximum Gasteiger partial charge on any atom is 0.331 e. The fraction of sp³-hybridized carbons (Fsp3) is 0.235. The van der Waals surface area contributed by atoms with Crippen LogP contribution in [-0.2, 0) is 11.2 Å². The first-order chi connectivity index (χ1) is 11.0. The van der Waals surface area contributed by atoms with Gasteiger partial charge in [0.05, 0.1) is 17.8 Å². The summed E-state index contributed by atoms with van der Waals surface area (Å²) in [5, 5.41) is 10.7. The maximum absolute atomic E-state index is 11.9. The third kappa shape index (κ3) is 2.96. The molecular formula is C17H15Cl2NO3. The van der Waals surface area contributed by atoms with Gasteiger partial charge in [-0.3, -0.25) is 0 Å². The largest absolute Gasteiger partial charge is 0.497 e. The van der Waals surface area contributed by atoms with Crippen molar-refractivity contribution in [1.29, 1.82) is 0 Å². The molecule has 4 nitrogen and oxygen atoms in total. The van der Waals surface area contributed by atoms with Crippen LogP contribution in [0.3, 0.4) is 0 Å². The van der Waals surface area contributed by atoms with Crippen LogP contribution < -0.4 is 9.64 Å². The van der Waals surface area contributed by atoms with Gasteiger partial charge in [0.25, 0.3) is 0 Å². The van der Waals surface area contributed by atoms with Gasteiger partial charge in [-0.05, 0) is 47.9 Å². The number of carboxylic acids is 1. The molecule has 0 saturated heterocycles. The molecule has 0 bridgehead atoms. The molecule has 0 spiro atoms. The number of rotatable bonds is 3. The Labute approximate surface area is 144 Å². The number of ether oxygens (including phenoxy) is 1. The topological polar surface area (TPSA) is 49.8 Å². The number of hydrogen-bond acceptors (Lipinski definition) is 3. The molecule has 1 heterocycles. The van der Waals surface area contributed by atoms with E-state index in [0.717, 1.165) is 23.3 Å². The van der Waals surface area contributed by atoms with Crippen LogP contribution in [0.25, 0.3) is 0 Å². The summed E-state index contributed by atoms with van der Waals surface area (Å²) in [6.45, 7) is 0.554. The van der Waals surface area contributed by atoms with Crippen LogP contribution in [0.1, 0.15) is 17.2 Å². The van der Waals surface area contributed by atoms with Crippen LogP contribution in [0.5, 0.6) is 5.75 Å². The van der Waals surface area contributed by atoms with Crippen molar-refractivity contribution < 1.29 is 14.6 Å². The number of halogens is 2. The van der Waals surface area contributed by atoms with Crippen molar-refractivity contribution in [3.05, 3.63) is 57.6 Å². The standard InChI is InChI=1S/C17H15Cl2NO3/c1-23-12-3-4-13-10(8-12)6-7-20(16(13)17(21)22)15-5-2-11(18)9-14(15)19/h2-5,8-9,16H,6-7H2,1H3,(H,21,22). The highest BCUT2D eigenvalue weighted by Crippen LogP contribution is 2.39. The second kappa shape index (κ2) is 6.30. The molecule has 0 aromatic heterocycles. The zero-order valence-electron chi connectivity index (χ0n) is 12.4. The first kappa shape index (κ1) is 16.0. The van der Waals surface area contributed by atoms with Crippen LogP contribution in [0.2, 0.25) is 10.0 Å². The van der Waals surface area contributed by atoms with Gasteiger partial charge in [0.1, 0.15) is 5.75 Å². The molecule has 3 rings (SSSR count). The summed E-state index contributed by atoms with van der Waals surface area (Å²) in [4.78, 5) is 13.7. The Kier molecular flexibility index (Phi) is 4.37. The van der Waals surface area contributed by atoms with Crippen LogP contribution in [-0.4, -0.2) is 24.7 Å². The van der Waals surface area contributed by atoms with Crippen LogP contribution in [0, 0.1) is 0 Å². The minimum absolute atomic E-state index is 0.445. The predicted molar refractivity (Wildman–Crippen MR) is 90.9 cm³/mol. The Morgan fingerprint density at radius 2 is 2.04 bits per heavy atom. The summed E-state index contributed by atoms with van der Waals surface area (Å²) in [6, 6.07) is 9.79. The molecule has 0 saturated carbocycles. The summed E-state index contributed by atoms with van der Waals surface area (Å²) in [5.41, 5.74) is 2.42. The lowest BCUT2D eigenvalue weighted by molar-refractivity contribution is -0.138. The number of nitrogens with zero attached hydrogens (tertiary/aromatic N) is 1. The Morgan fingerprint density at radius 1 is 1.26 bits per heavy atom. The average molecular weight is 352 g/mol. The summed E-state index contributed by atoms with van der Waals surface area (Å²) in [6.07, 6.45) is 0.718. The summed E-state index contributed by atoms with van der Waals surface area (Å²) >= 11 is 12.2. The first-order valence-electron chi connectivity index (χ1n) is 7.12. The summed E-state index contributed by atoms with van der Waals surface area (Å²) in [5.74, 6) is -0.187. The van der Waals surface area contributed by atoms with Gasteiger partial charge in [-0.2, -0.15) is 0 Å². The van der Waals surface area contributed by atoms with Gasteiger partial charge in [-0.25, -0.2) is 4.79 Å². The number of methoxy groups -OCH3 is 1. The second-order valence-electron chi connectivity index (χ2n) is 5.34. The van der Waals surface area contributed by atoms with E-state index in [9.17, 15) is 9.90 Å². The highest BCUT2D eigenvalue weighted by atomic mass is 35.5. The summed E-state index contributed by atoms with van der Waals surface area (Å²) < 4.78 is 5.22. The number of aliphatic carboxylic acids is 1. The van der Waals surface area contributed by atoms with Crippen molar-refractivity contribution in [2.45, 2.75) is 12.5 Å². The molecule has 1 unspecified atom stereocenters. The second-order valence-corrected chi connectivity index (χ2v) is 6.19. The predicted octanol–water partition coefficient (Wildman–Crippen LogP) is 4.19. The van der Waals surface area contributed by atoms with E-state index in [1.165, 1.54) is 0 Å². The number of benzene rings is 2. The average Bonchev–Trinajstić information content (AvgIpc) is 2.53. The lowest BCUT2D eigenvalue weighted by atomic mass is 9.91. The molecule has 0 aliphatic carbocycles. The van der Waals surface area contributed by atoms with Crippen molar-refractivity contribution in [2.75, 3.05) is 18.6 Å². The first-order valence-corrected chi connectivity index (χ1v) is 7.88. The normalized spacial score (nSPS) is 16.8. The zero-order valence-corrected chi connectivity index (χ0v) is 13.9. The minimum atomic E-state index is -0.915. The third-order valence-electron chi connectivity index (χ3n) is 4.03. The minimum Gasteiger partial charge on any atom is -0.497 e. The molecule has 6 heteroatoms. The molecule has 0 amide bonds. The van der Waals surface area contributed by atoms with Crippen LogP contribution in [0.15, 0.2) is 36.4 Å². The Hall–Kier alpha value is -1.91. The SMILES string of the molecule is COc1ccc2c(c1)CCN(c1ccc(Cl)cc1Cl)C2C(=O)O. The molecule has 0 fully saturated rings. The van der Waals surface area contributed by atoms with E-state index in [1.54, 1.807) is 36.3 Å². The molecule has 120 valence electrons. The maximum atomic E-state index is 11.9. The highest BCUT2D eigenvalue weighted by molar-refractivity contribution is 6.36. The quantitative estimate of drug-likeness (QED) is 0.900. The Morgan fingerprint density at radius 3 is 2.70 bits per heavy atom. The molecule has 23 heavy (non-hydrogen) atoms. The lowest BCUT2D eigenvalue weighted by Gasteiger charge is -2.37. The molecule has 1 atom stereocenters. The van der Waals surface area contributed by atoms with E-state index in [2.05, 4.69) is 0 Å². The molecule has 2 aromatic rings. The molecule has 1 N–H and O–H groups in total. The van der Waals surface area contributed by atoms with E-state index < -0.39 is 12.0 Å². The number of carboxylic acid groups (broad SMARTS) is 1. The van der Waals surface area contributed by atoms with Gasteiger partial charge >= 0.3 is 5.97 Å². The number of fused-ring (bicyclic) bond motifs is 1. The molecule has 2 aromatic carbocycles. The third-order valence-corrected chi connectivity index (χ3v) is 4.57. The van der Waals surface area contributed by atoms with Crippen molar-refractivity contribution in [1.82, 2.24) is 0 Å². The Bertz CT molecular complexity index is 763.